The molecule has 1 saturated carbocycles. The molecule has 1 aliphatic rings. The Morgan fingerprint density at radius 1 is 1.38 bits per heavy atom. The van der Waals surface area contributed by atoms with Crippen LogP contribution < -0.4 is 0 Å². The number of hydrogen-bond acceptors (Lipinski definition) is 2. The van der Waals surface area contributed by atoms with E-state index < -0.39 is 0 Å². The predicted molar refractivity (Wildman–Crippen MR) is 82.9 cm³/mol. The first-order valence-electron chi connectivity index (χ1n) is 7.96. The number of rotatable bonds is 5. The molecular formula is C17H23N3O. The third-order valence-electron chi connectivity index (χ3n) is 4.52. The Labute approximate surface area is 125 Å². The molecular weight excluding hydrogens is 262 g/mol. The van der Waals surface area contributed by atoms with Gasteiger partial charge in [-0.25, -0.2) is 4.98 Å². The highest BCUT2D eigenvalue weighted by molar-refractivity contribution is 5.76. The number of nitrogens with zero attached hydrogens (tertiary/aromatic N) is 3. The molecule has 21 heavy (non-hydrogen) atoms. The quantitative estimate of drug-likeness (QED) is 0.845. The number of fused-ring (bicyclic) bond motifs is 1. The number of imidazole rings is 1. The molecule has 0 unspecified atom stereocenters. The number of carbonyl (C=O) groups is 1. The lowest BCUT2D eigenvalue weighted by Crippen LogP contribution is -2.31. The van der Waals surface area contributed by atoms with E-state index in [1.54, 1.807) is 0 Å². The molecule has 0 N–H and O–H groups in total. The fourth-order valence-electron chi connectivity index (χ4n) is 3.26. The molecule has 0 spiro atoms. The maximum atomic E-state index is 12.5. The summed E-state index contributed by atoms with van der Waals surface area (Å²) < 4.78 is 2.06. The SMILES string of the molecule is CCN(Cc1cnc2ccccn12)C(=O)CC1CCCC1. The number of carbonyl (C=O) groups excluding carboxylic acids is 1. The number of hydrogen-bond donors (Lipinski definition) is 0. The fourth-order valence-corrected chi connectivity index (χ4v) is 3.26. The highest BCUT2D eigenvalue weighted by atomic mass is 16.2. The van der Waals surface area contributed by atoms with Crippen molar-refractivity contribution in [2.45, 2.75) is 45.6 Å². The highest BCUT2D eigenvalue weighted by Crippen LogP contribution is 2.28. The number of aromatic nitrogens is 2. The van der Waals surface area contributed by atoms with Crippen molar-refractivity contribution < 1.29 is 4.79 Å². The van der Waals surface area contributed by atoms with Crippen LogP contribution in [0.25, 0.3) is 5.65 Å². The molecule has 2 aromatic rings. The van der Waals surface area contributed by atoms with Crippen LogP contribution in [0.2, 0.25) is 0 Å². The Bertz CT molecular complexity index is 613. The third-order valence-corrected chi connectivity index (χ3v) is 4.52. The summed E-state index contributed by atoms with van der Waals surface area (Å²) in [5.74, 6) is 0.893. The Balaban J connectivity index is 1.70. The van der Waals surface area contributed by atoms with Crippen LogP contribution in [-0.2, 0) is 11.3 Å². The molecule has 2 heterocycles. The molecule has 0 radical (unpaired) electrons. The first-order valence-corrected chi connectivity index (χ1v) is 7.96. The maximum Gasteiger partial charge on any atom is 0.223 e. The number of amides is 1. The van der Waals surface area contributed by atoms with Gasteiger partial charge in [-0.15, -0.1) is 0 Å². The molecule has 0 aliphatic heterocycles. The summed E-state index contributed by atoms with van der Waals surface area (Å²) in [6.07, 6.45) is 9.62. The van der Waals surface area contributed by atoms with Gasteiger partial charge in [-0.2, -0.15) is 0 Å². The molecule has 112 valence electrons. The topological polar surface area (TPSA) is 37.6 Å². The van der Waals surface area contributed by atoms with Gasteiger partial charge in [-0.1, -0.05) is 18.9 Å². The lowest BCUT2D eigenvalue weighted by atomic mass is 10.0. The second-order valence-corrected chi connectivity index (χ2v) is 5.94. The van der Waals surface area contributed by atoms with Crippen molar-refractivity contribution >= 4 is 11.6 Å². The first-order chi connectivity index (χ1) is 10.3. The van der Waals surface area contributed by atoms with Crippen molar-refractivity contribution in [1.29, 1.82) is 0 Å². The van der Waals surface area contributed by atoms with Crippen molar-refractivity contribution in [1.82, 2.24) is 14.3 Å². The normalized spacial score (nSPS) is 15.7. The minimum absolute atomic E-state index is 0.287. The monoisotopic (exact) mass is 285 g/mol. The van der Waals surface area contributed by atoms with Crippen LogP contribution in [0.1, 0.15) is 44.7 Å². The van der Waals surface area contributed by atoms with Crippen LogP contribution in [0.3, 0.4) is 0 Å². The average molecular weight is 285 g/mol. The molecule has 0 atom stereocenters. The van der Waals surface area contributed by atoms with E-state index in [-0.39, 0.29) is 5.91 Å². The van der Waals surface area contributed by atoms with Crippen molar-refractivity contribution in [2.75, 3.05) is 6.54 Å². The van der Waals surface area contributed by atoms with Gasteiger partial charge in [0.2, 0.25) is 5.91 Å². The number of pyridine rings is 1. The van der Waals surface area contributed by atoms with Crippen LogP contribution in [0, 0.1) is 5.92 Å². The summed E-state index contributed by atoms with van der Waals surface area (Å²) >= 11 is 0. The van der Waals surface area contributed by atoms with Crippen LogP contribution in [0.5, 0.6) is 0 Å². The van der Waals surface area contributed by atoms with Gasteiger partial charge in [-0.3, -0.25) is 4.79 Å². The second-order valence-electron chi connectivity index (χ2n) is 5.94. The van der Waals surface area contributed by atoms with Gasteiger partial charge in [0.15, 0.2) is 0 Å². The van der Waals surface area contributed by atoms with Crippen LogP contribution in [-0.4, -0.2) is 26.7 Å². The van der Waals surface area contributed by atoms with Gasteiger partial charge >= 0.3 is 0 Å². The summed E-state index contributed by atoms with van der Waals surface area (Å²) in [7, 11) is 0. The van der Waals surface area contributed by atoms with E-state index in [1.165, 1.54) is 25.7 Å². The molecule has 2 aromatic heterocycles. The molecule has 0 saturated heterocycles. The Morgan fingerprint density at radius 3 is 2.95 bits per heavy atom. The van der Waals surface area contributed by atoms with Gasteiger partial charge in [-0.05, 0) is 37.8 Å². The summed E-state index contributed by atoms with van der Waals surface area (Å²) in [5.41, 5.74) is 2.01. The minimum Gasteiger partial charge on any atom is -0.337 e. The van der Waals surface area contributed by atoms with Gasteiger partial charge in [0.05, 0.1) is 18.4 Å². The third kappa shape index (κ3) is 3.09. The van der Waals surface area contributed by atoms with Crippen molar-refractivity contribution in [3.05, 3.63) is 36.3 Å². The van der Waals surface area contributed by atoms with Crippen LogP contribution in [0.4, 0.5) is 0 Å². The van der Waals surface area contributed by atoms with Gasteiger partial charge in [0, 0.05) is 19.2 Å². The van der Waals surface area contributed by atoms with Crippen molar-refractivity contribution in [3.63, 3.8) is 0 Å². The van der Waals surface area contributed by atoms with Gasteiger partial charge < -0.3 is 9.30 Å². The largest absolute Gasteiger partial charge is 0.337 e. The van der Waals surface area contributed by atoms with E-state index in [4.69, 9.17) is 0 Å². The predicted octanol–water partition coefficient (Wildman–Crippen LogP) is 3.26. The molecule has 1 fully saturated rings. The average Bonchev–Trinajstić information content (AvgIpc) is 3.14. The standard InChI is InChI=1S/C17H23N3O/c1-2-19(17(21)11-14-7-3-4-8-14)13-15-12-18-16-9-5-6-10-20(15)16/h5-6,9-10,12,14H,2-4,7-8,11,13H2,1H3. The zero-order valence-electron chi connectivity index (χ0n) is 12.7. The summed E-state index contributed by atoms with van der Waals surface area (Å²) in [6, 6.07) is 5.96. The molecule has 1 aliphatic carbocycles. The van der Waals surface area contributed by atoms with E-state index in [9.17, 15) is 4.79 Å². The minimum atomic E-state index is 0.287. The molecule has 4 heteroatoms. The van der Waals surface area contributed by atoms with E-state index in [2.05, 4.69) is 16.3 Å². The van der Waals surface area contributed by atoms with Gasteiger partial charge in [0.1, 0.15) is 5.65 Å². The highest BCUT2D eigenvalue weighted by Gasteiger charge is 2.22. The Kier molecular flexibility index (Phi) is 4.23. The van der Waals surface area contributed by atoms with Crippen LogP contribution in [0.15, 0.2) is 30.6 Å². The molecule has 3 rings (SSSR count). The Hall–Kier alpha value is -1.84. The molecule has 0 aromatic carbocycles. The zero-order chi connectivity index (χ0) is 14.7. The summed E-state index contributed by atoms with van der Waals surface area (Å²) in [5, 5.41) is 0. The second kappa shape index (κ2) is 6.29. The fraction of sp³-hybridized carbons (Fsp3) is 0.529. The van der Waals surface area contributed by atoms with E-state index >= 15 is 0 Å². The molecule has 0 bridgehead atoms. The van der Waals surface area contributed by atoms with Crippen LogP contribution >= 0.6 is 0 Å². The zero-order valence-corrected chi connectivity index (χ0v) is 12.7. The molecule has 1 amide bonds. The molecule has 4 nitrogen and oxygen atoms in total. The van der Waals surface area contributed by atoms with E-state index in [1.807, 2.05) is 35.5 Å². The smallest absolute Gasteiger partial charge is 0.223 e. The van der Waals surface area contributed by atoms with Gasteiger partial charge in [0.25, 0.3) is 0 Å². The summed E-state index contributed by atoms with van der Waals surface area (Å²) in [4.78, 5) is 18.8. The lowest BCUT2D eigenvalue weighted by Gasteiger charge is -2.22. The lowest BCUT2D eigenvalue weighted by molar-refractivity contribution is -0.132. The van der Waals surface area contributed by atoms with Crippen molar-refractivity contribution in [2.24, 2.45) is 5.92 Å². The first kappa shape index (κ1) is 14.1. The Morgan fingerprint density at radius 2 is 2.19 bits per heavy atom. The maximum absolute atomic E-state index is 12.5. The van der Waals surface area contributed by atoms with Crippen molar-refractivity contribution in [3.8, 4) is 0 Å². The summed E-state index contributed by atoms with van der Waals surface area (Å²) in [6.45, 7) is 3.45. The van der Waals surface area contributed by atoms with E-state index in [0.29, 0.717) is 18.9 Å². The van der Waals surface area contributed by atoms with E-state index in [0.717, 1.165) is 17.9 Å².